The van der Waals surface area contributed by atoms with Gasteiger partial charge >= 0.3 is 12.4 Å². The van der Waals surface area contributed by atoms with E-state index in [1.807, 2.05) is 18.2 Å². The van der Waals surface area contributed by atoms with Crippen LogP contribution in [-0.2, 0) is 25.2 Å². The van der Waals surface area contributed by atoms with Crippen LogP contribution < -0.4 is 5.32 Å². The van der Waals surface area contributed by atoms with Crippen molar-refractivity contribution in [1.29, 1.82) is 0 Å². The molecular weight excluding hydrogens is 482 g/mol. The summed E-state index contributed by atoms with van der Waals surface area (Å²) in [7, 11) is 0. The van der Waals surface area contributed by atoms with Gasteiger partial charge in [0.2, 0.25) is 5.13 Å². The first kappa shape index (κ1) is 22.4. The Labute approximate surface area is 192 Å². The fourth-order valence-corrected chi connectivity index (χ4v) is 4.80. The molecule has 0 atom stereocenters. The minimum atomic E-state index is -5.06. The summed E-state index contributed by atoms with van der Waals surface area (Å²) < 4.78 is 81.6. The molecule has 2 aromatic carbocycles. The molecule has 4 aromatic rings. The molecule has 0 saturated heterocycles. The summed E-state index contributed by atoms with van der Waals surface area (Å²) in [5.41, 5.74) is -1.78. The maximum atomic E-state index is 13.2. The molecule has 34 heavy (non-hydrogen) atoms. The van der Waals surface area contributed by atoms with Crippen molar-refractivity contribution in [3.63, 3.8) is 0 Å². The lowest BCUT2D eigenvalue weighted by atomic mass is 10.0. The van der Waals surface area contributed by atoms with E-state index >= 15 is 0 Å². The standard InChI is InChI=1S/C22H14F6N4OS/c23-21(24,25)12-8-11(9-13(10-12)22(26,27)28)19(33)30-18-14-4-3-6-15(14)31-32(18)20-29-16-5-1-2-7-17(16)34-20/h1-2,5,7-10H,3-4,6H2,(H,30,33). The van der Waals surface area contributed by atoms with Gasteiger partial charge in [-0.1, -0.05) is 23.5 Å². The van der Waals surface area contributed by atoms with Crippen molar-refractivity contribution in [2.24, 2.45) is 0 Å². The van der Waals surface area contributed by atoms with Gasteiger partial charge in [-0.3, -0.25) is 4.79 Å². The third-order valence-corrected chi connectivity index (χ3v) is 6.46. The number of benzene rings is 2. The molecule has 1 amide bonds. The topological polar surface area (TPSA) is 59.8 Å². The summed E-state index contributed by atoms with van der Waals surface area (Å²) in [6.07, 6.45) is -8.15. The smallest absolute Gasteiger partial charge is 0.306 e. The molecule has 176 valence electrons. The summed E-state index contributed by atoms with van der Waals surface area (Å²) >= 11 is 1.30. The number of thiazole rings is 1. The molecule has 0 radical (unpaired) electrons. The van der Waals surface area contributed by atoms with E-state index in [1.54, 1.807) is 6.07 Å². The zero-order chi connectivity index (χ0) is 24.3. The number of hydrogen-bond acceptors (Lipinski definition) is 4. The molecule has 5 nitrogen and oxygen atoms in total. The molecule has 1 N–H and O–H groups in total. The second-order valence-electron chi connectivity index (χ2n) is 7.75. The molecule has 1 aliphatic rings. The quantitative estimate of drug-likeness (QED) is 0.341. The van der Waals surface area contributed by atoms with E-state index in [4.69, 9.17) is 0 Å². The van der Waals surface area contributed by atoms with Gasteiger partial charge in [0.05, 0.1) is 27.0 Å². The highest BCUT2D eigenvalue weighted by atomic mass is 32.1. The Morgan fingerprint density at radius 3 is 2.29 bits per heavy atom. The molecule has 0 bridgehead atoms. The number of aryl methyl sites for hydroxylation is 1. The summed E-state index contributed by atoms with van der Waals surface area (Å²) in [6, 6.07) is 8.09. The van der Waals surface area contributed by atoms with Crippen LogP contribution in [0, 0.1) is 0 Å². The van der Waals surface area contributed by atoms with Crippen LogP contribution in [0.4, 0.5) is 32.2 Å². The number of carbonyl (C=O) groups excluding carboxylic acids is 1. The first-order chi connectivity index (χ1) is 16.0. The van der Waals surface area contributed by atoms with Crippen molar-refractivity contribution in [1.82, 2.24) is 14.8 Å². The SMILES string of the molecule is O=C(Nc1c2c(nn1-c1nc3ccccc3s1)CCC2)c1cc(C(F)(F)F)cc(C(F)(F)F)c1. The second kappa shape index (κ2) is 7.83. The van der Waals surface area contributed by atoms with E-state index in [-0.39, 0.29) is 11.9 Å². The molecule has 0 saturated carbocycles. The van der Waals surface area contributed by atoms with Crippen molar-refractivity contribution in [3.05, 3.63) is 70.4 Å². The molecule has 0 aliphatic heterocycles. The van der Waals surface area contributed by atoms with E-state index in [9.17, 15) is 31.1 Å². The normalized spacial score (nSPS) is 13.9. The number of alkyl halides is 6. The zero-order valence-corrected chi connectivity index (χ0v) is 17.9. The van der Waals surface area contributed by atoms with Crippen molar-refractivity contribution in [3.8, 4) is 5.13 Å². The van der Waals surface area contributed by atoms with Gasteiger partial charge in [0, 0.05) is 11.1 Å². The summed E-state index contributed by atoms with van der Waals surface area (Å²) in [6.45, 7) is 0. The number of fused-ring (bicyclic) bond motifs is 2. The monoisotopic (exact) mass is 496 g/mol. The van der Waals surface area contributed by atoms with Crippen molar-refractivity contribution < 1.29 is 31.1 Å². The minimum absolute atomic E-state index is 0.0140. The molecule has 12 heteroatoms. The number of halogens is 6. The molecule has 0 fully saturated rings. The fraction of sp³-hybridized carbons (Fsp3) is 0.227. The van der Waals surface area contributed by atoms with Crippen LogP contribution in [-0.4, -0.2) is 20.7 Å². The van der Waals surface area contributed by atoms with E-state index in [0.717, 1.165) is 11.1 Å². The highest BCUT2D eigenvalue weighted by Gasteiger charge is 2.38. The Kier molecular flexibility index (Phi) is 5.15. The van der Waals surface area contributed by atoms with E-state index < -0.39 is 35.0 Å². The van der Waals surface area contributed by atoms with Gasteiger partial charge in [0.25, 0.3) is 5.91 Å². The summed E-state index contributed by atoms with van der Waals surface area (Å²) in [5.74, 6) is -0.906. The molecule has 5 rings (SSSR count). The molecule has 2 heterocycles. The van der Waals surface area contributed by atoms with Crippen molar-refractivity contribution in [2.75, 3.05) is 5.32 Å². The largest absolute Gasteiger partial charge is 0.416 e. The third-order valence-electron chi connectivity index (χ3n) is 5.45. The zero-order valence-electron chi connectivity index (χ0n) is 17.1. The number of anilines is 1. The van der Waals surface area contributed by atoms with Gasteiger partial charge in [-0.15, -0.1) is 0 Å². The maximum Gasteiger partial charge on any atom is 0.416 e. The number of hydrogen-bond donors (Lipinski definition) is 1. The lowest BCUT2D eigenvalue weighted by Crippen LogP contribution is -2.19. The number of nitrogens with zero attached hydrogens (tertiary/aromatic N) is 3. The van der Waals surface area contributed by atoms with Gasteiger partial charge in [0.1, 0.15) is 5.82 Å². The number of carbonyl (C=O) groups is 1. The second-order valence-corrected chi connectivity index (χ2v) is 8.76. The summed E-state index contributed by atoms with van der Waals surface area (Å²) in [4.78, 5) is 17.4. The molecule has 1 aliphatic carbocycles. The first-order valence-corrected chi connectivity index (χ1v) is 10.9. The Morgan fingerprint density at radius 2 is 1.65 bits per heavy atom. The van der Waals surface area contributed by atoms with Gasteiger partial charge < -0.3 is 5.32 Å². The van der Waals surface area contributed by atoms with E-state index in [2.05, 4.69) is 15.4 Å². The van der Waals surface area contributed by atoms with Crippen LogP contribution in [0.2, 0.25) is 0 Å². The van der Waals surface area contributed by atoms with Gasteiger partial charge in [-0.05, 0) is 49.6 Å². The van der Waals surface area contributed by atoms with Crippen LogP contribution in [0.3, 0.4) is 0 Å². The van der Waals surface area contributed by atoms with Gasteiger partial charge in [-0.25, -0.2) is 4.98 Å². The highest BCUT2D eigenvalue weighted by Crippen LogP contribution is 2.37. The highest BCUT2D eigenvalue weighted by molar-refractivity contribution is 7.20. The number of aromatic nitrogens is 3. The Bertz CT molecular complexity index is 1350. The first-order valence-electron chi connectivity index (χ1n) is 10.1. The number of nitrogens with one attached hydrogen (secondary N) is 1. The predicted molar refractivity (Wildman–Crippen MR) is 113 cm³/mol. The average Bonchev–Trinajstić information content (AvgIpc) is 3.47. The van der Waals surface area contributed by atoms with Crippen LogP contribution in [0.15, 0.2) is 42.5 Å². The minimum Gasteiger partial charge on any atom is -0.306 e. The van der Waals surface area contributed by atoms with Crippen LogP contribution >= 0.6 is 11.3 Å². The van der Waals surface area contributed by atoms with Gasteiger partial charge in [-0.2, -0.15) is 36.1 Å². The molecule has 2 aromatic heterocycles. The number of amides is 1. The Hall–Kier alpha value is -3.41. The van der Waals surface area contributed by atoms with Crippen molar-refractivity contribution in [2.45, 2.75) is 31.6 Å². The molecular formula is C22H14F6N4OS. The molecule has 0 unspecified atom stereocenters. The molecule has 0 spiro atoms. The maximum absolute atomic E-state index is 13.2. The van der Waals surface area contributed by atoms with Crippen molar-refractivity contribution >= 4 is 33.3 Å². The Morgan fingerprint density at radius 1 is 0.971 bits per heavy atom. The number of rotatable bonds is 3. The average molecular weight is 496 g/mol. The van der Waals surface area contributed by atoms with E-state index in [1.165, 1.54) is 16.0 Å². The lowest BCUT2D eigenvalue weighted by molar-refractivity contribution is -0.143. The van der Waals surface area contributed by atoms with Crippen LogP contribution in [0.1, 0.15) is 39.2 Å². The van der Waals surface area contributed by atoms with E-state index in [0.29, 0.717) is 46.9 Å². The third kappa shape index (κ3) is 4.02. The number of para-hydroxylation sites is 1. The van der Waals surface area contributed by atoms with Gasteiger partial charge in [0.15, 0.2) is 0 Å². The summed E-state index contributed by atoms with van der Waals surface area (Å²) in [5, 5.41) is 7.43. The fourth-order valence-electron chi connectivity index (χ4n) is 3.87. The Balaban J connectivity index is 1.57. The predicted octanol–water partition coefficient (Wildman–Crippen LogP) is 6.26. The van der Waals surface area contributed by atoms with Crippen LogP contribution in [0.25, 0.3) is 15.3 Å². The lowest BCUT2D eigenvalue weighted by Gasteiger charge is -2.14. The van der Waals surface area contributed by atoms with Crippen LogP contribution in [0.5, 0.6) is 0 Å².